The maximum atomic E-state index is 14.8. The van der Waals surface area contributed by atoms with Gasteiger partial charge in [0.2, 0.25) is 17.4 Å². The number of anilines is 1. The van der Waals surface area contributed by atoms with Crippen LogP contribution in [0.15, 0.2) is 30.4 Å². The number of nitrogens with zero attached hydrogens (tertiary/aromatic N) is 1. The lowest BCUT2D eigenvalue weighted by Gasteiger charge is -2.19. The van der Waals surface area contributed by atoms with E-state index in [1.54, 1.807) is 6.07 Å². The van der Waals surface area contributed by atoms with Crippen LogP contribution >= 0.6 is 0 Å². The first kappa shape index (κ1) is 28.9. The summed E-state index contributed by atoms with van der Waals surface area (Å²) in [5.74, 6) is -11.1. The molecule has 1 heterocycles. The van der Waals surface area contributed by atoms with Crippen LogP contribution in [-0.2, 0) is 25.6 Å². The summed E-state index contributed by atoms with van der Waals surface area (Å²) < 4.78 is 73.8. The minimum absolute atomic E-state index is 0.0162. The van der Waals surface area contributed by atoms with Gasteiger partial charge in [-0.1, -0.05) is 19.4 Å². The van der Waals surface area contributed by atoms with E-state index in [0.717, 1.165) is 23.5 Å². The van der Waals surface area contributed by atoms with Crippen LogP contribution in [0.3, 0.4) is 0 Å². The summed E-state index contributed by atoms with van der Waals surface area (Å²) in [5, 5.41) is 8.63. The Hall–Kier alpha value is -4.29. The van der Waals surface area contributed by atoms with E-state index in [2.05, 4.69) is 4.74 Å². The molecule has 0 unspecified atom stereocenters. The van der Waals surface area contributed by atoms with Crippen molar-refractivity contribution in [1.82, 2.24) is 0 Å². The number of amides is 2. The molecule has 1 N–H and O–H groups in total. The zero-order valence-electron chi connectivity index (χ0n) is 19.2. The van der Waals surface area contributed by atoms with Crippen LogP contribution in [0.25, 0.3) is 0 Å². The predicted molar refractivity (Wildman–Crippen MR) is 117 cm³/mol. The summed E-state index contributed by atoms with van der Waals surface area (Å²) in [4.78, 5) is 44.5. The number of imide groups is 1. The smallest absolute Gasteiger partial charge is 0.303 e. The molecule has 0 saturated heterocycles. The molecule has 1 aliphatic heterocycles. The first-order chi connectivity index (χ1) is 17.5. The molecule has 2 aromatic rings. The second-order valence-electron chi connectivity index (χ2n) is 7.34. The number of carbonyl (C=O) groups is 4. The minimum atomic E-state index is -1.74. The summed E-state index contributed by atoms with van der Waals surface area (Å²) in [6.07, 6.45) is 3.62. The molecule has 0 fully saturated rings. The summed E-state index contributed by atoms with van der Waals surface area (Å²) in [7, 11) is 0. The third kappa shape index (κ3) is 7.12. The molecular weight excluding hydrogens is 509 g/mol. The van der Waals surface area contributed by atoms with Crippen LogP contribution in [0.4, 0.5) is 27.6 Å². The van der Waals surface area contributed by atoms with Crippen molar-refractivity contribution in [2.24, 2.45) is 0 Å². The SMILES string of the molecule is CCCc1ccc(N2C(=O)C=CC2=O)c(F)c1OCCCC(=O)O.O=COc1c(F)c(F)cc(F)c1F. The number of benzene rings is 2. The molecule has 0 aromatic heterocycles. The highest BCUT2D eigenvalue weighted by Crippen LogP contribution is 2.34. The van der Waals surface area contributed by atoms with Crippen molar-refractivity contribution in [3.63, 3.8) is 0 Å². The van der Waals surface area contributed by atoms with Gasteiger partial charge in [-0.05, 0) is 24.5 Å². The third-order valence-electron chi connectivity index (χ3n) is 4.75. The number of ether oxygens (including phenoxy) is 2. The number of hydrogen-bond donors (Lipinski definition) is 1. The highest BCUT2D eigenvalue weighted by atomic mass is 19.2. The number of carboxylic acid groups (broad SMARTS) is 1. The Morgan fingerprint density at radius 3 is 2.08 bits per heavy atom. The largest absolute Gasteiger partial charge is 0.490 e. The zero-order chi connectivity index (χ0) is 27.7. The second-order valence-corrected chi connectivity index (χ2v) is 7.34. The molecule has 37 heavy (non-hydrogen) atoms. The van der Waals surface area contributed by atoms with E-state index in [1.807, 2.05) is 6.92 Å². The lowest BCUT2D eigenvalue weighted by Crippen LogP contribution is -2.30. The molecular formula is C24H20F5NO7. The van der Waals surface area contributed by atoms with Gasteiger partial charge >= 0.3 is 5.97 Å². The molecule has 2 amide bonds. The molecule has 0 radical (unpaired) electrons. The summed E-state index contributed by atoms with van der Waals surface area (Å²) >= 11 is 0. The van der Waals surface area contributed by atoms with Gasteiger partial charge < -0.3 is 14.6 Å². The molecule has 3 rings (SSSR count). The molecule has 0 aliphatic carbocycles. The van der Waals surface area contributed by atoms with Crippen molar-refractivity contribution in [3.05, 3.63) is 65.0 Å². The van der Waals surface area contributed by atoms with Gasteiger partial charge in [-0.15, -0.1) is 0 Å². The van der Waals surface area contributed by atoms with Gasteiger partial charge in [0.15, 0.2) is 23.2 Å². The van der Waals surface area contributed by atoms with Gasteiger partial charge in [-0.25, -0.2) is 18.1 Å². The molecule has 2 aromatic carbocycles. The van der Waals surface area contributed by atoms with Gasteiger partial charge in [0.05, 0.1) is 12.3 Å². The number of aliphatic carboxylic acids is 1. The van der Waals surface area contributed by atoms with Crippen LogP contribution in [0, 0.1) is 29.1 Å². The van der Waals surface area contributed by atoms with Gasteiger partial charge in [-0.3, -0.25) is 19.2 Å². The van der Waals surface area contributed by atoms with E-state index in [9.17, 15) is 41.1 Å². The Balaban J connectivity index is 0.000000312. The van der Waals surface area contributed by atoms with Crippen LogP contribution in [0.5, 0.6) is 11.5 Å². The maximum Gasteiger partial charge on any atom is 0.303 e. The topological polar surface area (TPSA) is 110 Å². The van der Waals surface area contributed by atoms with E-state index in [1.165, 1.54) is 6.07 Å². The fourth-order valence-electron chi connectivity index (χ4n) is 3.12. The van der Waals surface area contributed by atoms with Crippen molar-refractivity contribution in [2.75, 3.05) is 11.5 Å². The summed E-state index contributed by atoms with van der Waals surface area (Å²) in [6.45, 7) is 1.63. The molecule has 0 atom stereocenters. The minimum Gasteiger partial charge on any atom is -0.490 e. The average Bonchev–Trinajstić information content (AvgIpc) is 3.18. The number of carboxylic acids is 1. The maximum absolute atomic E-state index is 14.8. The highest BCUT2D eigenvalue weighted by Gasteiger charge is 2.30. The lowest BCUT2D eigenvalue weighted by atomic mass is 10.1. The molecule has 198 valence electrons. The predicted octanol–water partition coefficient (Wildman–Crippen LogP) is 4.23. The highest BCUT2D eigenvalue weighted by molar-refractivity contribution is 6.28. The molecule has 0 spiro atoms. The first-order valence-electron chi connectivity index (χ1n) is 10.7. The molecule has 0 saturated carbocycles. The van der Waals surface area contributed by atoms with Crippen LogP contribution in [0.2, 0.25) is 0 Å². The van der Waals surface area contributed by atoms with Gasteiger partial charge in [0.1, 0.15) is 0 Å². The molecule has 8 nitrogen and oxygen atoms in total. The number of hydrogen-bond acceptors (Lipinski definition) is 6. The second kappa shape index (κ2) is 13.1. The Kier molecular flexibility index (Phi) is 10.3. The van der Waals surface area contributed by atoms with Crippen molar-refractivity contribution in [2.45, 2.75) is 32.6 Å². The third-order valence-corrected chi connectivity index (χ3v) is 4.75. The Bertz CT molecular complexity index is 1190. The van der Waals surface area contributed by atoms with Crippen molar-refractivity contribution < 1.29 is 55.7 Å². The Morgan fingerprint density at radius 2 is 1.57 bits per heavy atom. The van der Waals surface area contributed by atoms with Crippen molar-refractivity contribution in [3.8, 4) is 11.5 Å². The van der Waals surface area contributed by atoms with E-state index < -0.39 is 52.6 Å². The number of aryl methyl sites for hydroxylation is 1. The van der Waals surface area contributed by atoms with E-state index in [4.69, 9.17) is 9.84 Å². The summed E-state index contributed by atoms with van der Waals surface area (Å²) in [5.41, 5.74) is 0.448. The van der Waals surface area contributed by atoms with Crippen LogP contribution in [0.1, 0.15) is 31.7 Å². The fraction of sp³-hybridized carbons (Fsp3) is 0.250. The summed E-state index contributed by atoms with van der Waals surface area (Å²) in [6, 6.07) is 3.02. The first-order valence-corrected chi connectivity index (χ1v) is 10.7. The fourth-order valence-corrected chi connectivity index (χ4v) is 3.12. The molecule has 0 bridgehead atoms. The molecule has 1 aliphatic rings. The quantitative estimate of drug-likeness (QED) is 0.161. The van der Waals surface area contributed by atoms with Crippen molar-refractivity contribution in [1.29, 1.82) is 0 Å². The average molecular weight is 529 g/mol. The monoisotopic (exact) mass is 529 g/mol. The molecule has 13 heteroatoms. The van der Waals surface area contributed by atoms with Crippen LogP contribution < -0.4 is 14.4 Å². The van der Waals surface area contributed by atoms with Gasteiger partial charge in [0.25, 0.3) is 18.3 Å². The number of halogens is 5. The standard InChI is InChI=1S/C17H18FNO5.C7H2F4O2/c1-2-4-11-6-7-12(19-13(20)8-9-14(19)21)16(18)17(11)24-10-3-5-15(22)23;8-3-1-4(9)6(11)7(5(3)10)13-2-12/h6-9H,2-5,10H2,1H3,(H,22,23);1-2H. The number of rotatable bonds is 10. The normalized spacial score (nSPS) is 12.3. The number of carbonyl (C=O) groups excluding carboxylic acids is 3. The van der Waals surface area contributed by atoms with E-state index in [-0.39, 0.29) is 43.4 Å². The zero-order valence-corrected chi connectivity index (χ0v) is 19.2. The Labute approximate surface area is 206 Å². The Morgan fingerprint density at radius 1 is 0.973 bits per heavy atom. The van der Waals surface area contributed by atoms with E-state index >= 15 is 0 Å². The van der Waals surface area contributed by atoms with Crippen molar-refractivity contribution >= 4 is 29.9 Å². The van der Waals surface area contributed by atoms with Gasteiger partial charge in [0, 0.05) is 24.6 Å². The van der Waals surface area contributed by atoms with E-state index in [0.29, 0.717) is 12.0 Å². The van der Waals surface area contributed by atoms with Gasteiger partial charge in [-0.2, -0.15) is 8.78 Å². The van der Waals surface area contributed by atoms with Crippen LogP contribution in [-0.4, -0.2) is 36.0 Å². The lowest BCUT2D eigenvalue weighted by molar-refractivity contribution is -0.137.